The largest absolute Gasteiger partial charge is 0.481 e. The molecule has 2 atom stereocenters. The summed E-state index contributed by atoms with van der Waals surface area (Å²) >= 11 is 0. The molecule has 0 aromatic heterocycles. The van der Waals surface area contributed by atoms with Crippen LogP contribution in [0.15, 0.2) is 0 Å². The van der Waals surface area contributed by atoms with Gasteiger partial charge in [-0.25, -0.2) is 4.79 Å². The van der Waals surface area contributed by atoms with E-state index in [1.807, 2.05) is 0 Å². The van der Waals surface area contributed by atoms with Gasteiger partial charge in [0.05, 0.1) is 18.6 Å². The predicted octanol–water partition coefficient (Wildman–Crippen LogP) is 1.78. The molecule has 0 bridgehead atoms. The fourth-order valence-corrected chi connectivity index (χ4v) is 2.16. The van der Waals surface area contributed by atoms with E-state index in [0.717, 1.165) is 0 Å². The summed E-state index contributed by atoms with van der Waals surface area (Å²) in [5.41, 5.74) is -1.23. The Morgan fingerprint density at radius 2 is 2.11 bits per heavy atom. The number of nitrogens with one attached hydrogen (secondary N) is 1. The fraction of sp³-hybridized carbons (Fsp3) is 0.846. The second kappa shape index (κ2) is 5.77. The first kappa shape index (κ1) is 15.8. The van der Waals surface area contributed by atoms with Crippen molar-refractivity contribution in [3.8, 4) is 0 Å². The van der Waals surface area contributed by atoms with Crippen molar-refractivity contribution < 1.29 is 24.2 Å². The molecule has 2 N–H and O–H groups in total. The molecule has 2 unspecified atom stereocenters. The van der Waals surface area contributed by atoms with Crippen LogP contribution in [0, 0.1) is 5.92 Å². The first-order valence-electron chi connectivity index (χ1n) is 6.45. The molecule has 0 aromatic rings. The van der Waals surface area contributed by atoms with Gasteiger partial charge in [0.15, 0.2) is 0 Å². The van der Waals surface area contributed by atoms with E-state index >= 15 is 0 Å². The average molecular weight is 273 g/mol. The highest BCUT2D eigenvalue weighted by Crippen LogP contribution is 2.30. The number of carbonyl (C=O) groups is 2. The van der Waals surface area contributed by atoms with Gasteiger partial charge >= 0.3 is 12.1 Å². The molecule has 1 heterocycles. The van der Waals surface area contributed by atoms with Crippen molar-refractivity contribution in [1.82, 2.24) is 5.32 Å². The van der Waals surface area contributed by atoms with Gasteiger partial charge in [0, 0.05) is 6.61 Å². The highest BCUT2D eigenvalue weighted by molar-refractivity contribution is 5.70. The second-order valence-electron chi connectivity index (χ2n) is 6.08. The average Bonchev–Trinajstić information content (AvgIpc) is 2.63. The molecule has 1 aliphatic rings. The molecule has 1 saturated heterocycles. The van der Waals surface area contributed by atoms with Crippen LogP contribution in [-0.2, 0) is 14.3 Å². The Hall–Kier alpha value is -1.30. The van der Waals surface area contributed by atoms with Crippen molar-refractivity contribution >= 4 is 12.1 Å². The van der Waals surface area contributed by atoms with Gasteiger partial charge in [-0.05, 0) is 33.1 Å². The minimum Gasteiger partial charge on any atom is -0.481 e. The van der Waals surface area contributed by atoms with E-state index in [1.54, 1.807) is 27.7 Å². The minimum absolute atomic E-state index is 0.0147. The summed E-state index contributed by atoms with van der Waals surface area (Å²) < 4.78 is 10.6. The molecule has 0 spiro atoms. The molecule has 0 radical (unpaired) electrons. The monoisotopic (exact) mass is 273 g/mol. The molecule has 1 rings (SSSR count). The lowest BCUT2D eigenvalue weighted by Gasteiger charge is -2.35. The van der Waals surface area contributed by atoms with E-state index in [2.05, 4.69) is 5.32 Å². The summed E-state index contributed by atoms with van der Waals surface area (Å²) in [5, 5.41) is 11.7. The molecular formula is C13H23NO5. The van der Waals surface area contributed by atoms with E-state index < -0.39 is 23.2 Å². The normalized spacial score (nSPS) is 24.8. The number of amides is 1. The fourth-order valence-electron chi connectivity index (χ4n) is 2.16. The van der Waals surface area contributed by atoms with E-state index in [0.29, 0.717) is 19.6 Å². The van der Waals surface area contributed by atoms with E-state index in [-0.39, 0.29) is 12.3 Å². The van der Waals surface area contributed by atoms with Crippen molar-refractivity contribution in [2.45, 2.75) is 51.7 Å². The number of aliphatic carboxylic acids is 1. The van der Waals surface area contributed by atoms with Gasteiger partial charge in [-0.2, -0.15) is 0 Å². The molecule has 19 heavy (non-hydrogen) atoms. The number of ether oxygens (including phenoxy) is 2. The van der Waals surface area contributed by atoms with Crippen LogP contribution < -0.4 is 5.32 Å². The van der Waals surface area contributed by atoms with Crippen molar-refractivity contribution in [1.29, 1.82) is 0 Å². The van der Waals surface area contributed by atoms with Gasteiger partial charge in [-0.1, -0.05) is 6.92 Å². The molecule has 0 saturated carbocycles. The zero-order valence-electron chi connectivity index (χ0n) is 12.0. The van der Waals surface area contributed by atoms with Gasteiger partial charge in [0.2, 0.25) is 0 Å². The summed E-state index contributed by atoms with van der Waals surface area (Å²) in [4.78, 5) is 22.7. The summed E-state index contributed by atoms with van der Waals surface area (Å²) in [6.45, 7) is 7.99. The smallest absolute Gasteiger partial charge is 0.408 e. The third-order valence-electron chi connectivity index (χ3n) is 3.23. The maximum absolute atomic E-state index is 11.9. The van der Waals surface area contributed by atoms with E-state index in [9.17, 15) is 9.59 Å². The minimum atomic E-state index is -0.884. The van der Waals surface area contributed by atoms with Crippen molar-refractivity contribution in [3.63, 3.8) is 0 Å². The number of carboxylic acids is 1. The zero-order chi connectivity index (χ0) is 14.7. The number of alkyl carbamates (subject to hydrolysis) is 1. The van der Waals surface area contributed by atoms with Gasteiger partial charge in [-0.15, -0.1) is 0 Å². The van der Waals surface area contributed by atoms with E-state index in [1.165, 1.54) is 0 Å². The van der Waals surface area contributed by atoms with Crippen LogP contribution in [0.25, 0.3) is 0 Å². The molecule has 1 fully saturated rings. The third kappa shape index (κ3) is 4.70. The predicted molar refractivity (Wildman–Crippen MR) is 69.0 cm³/mol. The topological polar surface area (TPSA) is 84.9 Å². The molecular weight excluding hydrogens is 250 g/mol. The van der Waals surface area contributed by atoms with Crippen LogP contribution in [0.5, 0.6) is 0 Å². The highest BCUT2D eigenvalue weighted by Gasteiger charge is 2.43. The lowest BCUT2D eigenvalue weighted by molar-refractivity contribution is -0.138. The number of hydrogen-bond acceptors (Lipinski definition) is 4. The Balaban J connectivity index is 2.71. The molecule has 0 aliphatic carbocycles. The Kier molecular flexibility index (Phi) is 4.79. The molecule has 1 amide bonds. The third-order valence-corrected chi connectivity index (χ3v) is 3.23. The summed E-state index contributed by atoms with van der Waals surface area (Å²) in [6, 6.07) is 0. The van der Waals surface area contributed by atoms with Crippen LogP contribution in [0.1, 0.15) is 40.5 Å². The Morgan fingerprint density at radius 1 is 1.47 bits per heavy atom. The lowest BCUT2D eigenvalue weighted by Crippen LogP contribution is -2.55. The van der Waals surface area contributed by atoms with Crippen LogP contribution in [-0.4, -0.2) is 41.5 Å². The molecule has 0 aromatic carbocycles. The Morgan fingerprint density at radius 3 is 2.53 bits per heavy atom. The van der Waals surface area contributed by atoms with Crippen molar-refractivity contribution in [3.05, 3.63) is 0 Å². The number of hydrogen-bond donors (Lipinski definition) is 2. The first-order valence-corrected chi connectivity index (χ1v) is 6.45. The summed E-state index contributed by atoms with van der Waals surface area (Å²) in [7, 11) is 0. The molecule has 110 valence electrons. The number of carboxylic acid groups (broad SMARTS) is 1. The Labute approximate surface area is 113 Å². The Bertz CT molecular complexity index is 341. The maximum Gasteiger partial charge on any atom is 0.408 e. The molecule has 6 heteroatoms. The van der Waals surface area contributed by atoms with Crippen LogP contribution >= 0.6 is 0 Å². The lowest BCUT2D eigenvalue weighted by atomic mass is 9.82. The first-order chi connectivity index (χ1) is 8.65. The van der Waals surface area contributed by atoms with Gasteiger partial charge < -0.3 is 19.9 Å². The second-order valence-corrected chi connectivity index (χ2v) is 6.08. The quantitative estimate of drug-likeness (QED) is 0.815. The van der Waals surface area contributed by atoms with Crippen molar-refractivity contribution in [2.75, 3.05) is 13.2 Å². The summed E-state index contributed by atoms with van der Waals surface area (Å²) in [6.07, 6.45) is 0.0510. The maximum atomic E-state index is 11.9. The van der Waals surface area contributed by atoms with Crippen molar-refractivity contribution in [2.24, 2.45) is 5.92 Å². The molecule has 1 aliphatic heterocycles. The van der Waals surface area contributed by atoms with Crippen LogP contribution in [0.2, 0.25) is 0 Å². The van der Waals surface area contributed by atoms with Gasteiger partial charge in [-0.3, -0.25) is 4.79 Å². The number of rotatable bonds is 4. The standard InChI is InChI=1S/C13H23NO5/c1-9(7-10(15)16)13(5-6-18-8-13)14-11(17)19-12(2,3)4/h9H,5-8H2,1-4H3,(H,14,17)(H,15,16). The highest BCUT2D eigenvalue weighted by atomic mass is 16.6. The van der Waals surface area contributed by atoms with Gasteiger partial charge in [0.1, 0.15) is 5.60 Å². The van der Waals surface area contributed by atoms with E-state index in [4.69, 9.17) is 14.6 Å². The van der Waals surface area contributed by atoms with Crippen LogP contribution in [0.4, 0.5) is 4.79 Å². The molecule has 6 nitrogen and oxygen atoms in total. The SMILES string of the molecule is CC(CC(=O)O)C1(NC(=O)OC(C)(C)C)CCOC1. The van der Waals surface area contributed by atoms with Crippen LogP contribution in [0.3, 0.4) is 0 Å². The number of carbonyl (C=O) groups excluding carboxylic acids is 1. The van der Waals surface area contributed by atoms with Gasteiger partial charge in [0.25, 0.3) is 0 Å². The summed E-state index contributed by atoms with van der Waals surface area (Å²) in [5.74, 6) is -1.11. The zero-order valence-corrected chi connectivity index (χ0v) is 12.0.